The topological polar surface area (TPSA) is 12.0 Å². The zero-order valence-electron chi connectivity index (χ0n) is 11.3. The molecular formula is C17H19NS. The average molecular weight is 269 g/mol. The minimum atomic E-state index is 1.03. The van der Waals surface area contributed by atoms with Crippen LogP contribution in [0.3, 0.4) is 0 Å². The van der Waals surface area contributed by atoms with Crippen molar-refractivity contribution in [1.82, 2.24) is 0 Å². The average Bonchev–Trinajstić information content (AvgIpc) is 2.48. The van der Waals surface area contributed by atoms with Gasteiger partial charge < -0.3 is 5.32 Å². The fourth-order valence-corrected chi connectivity index (χ4v) is 3.57. The van der Waals surface area contributed by atoms with Gasteiger partial charge >= 0.3 is 0 Å². The molecule has 0 saturated carbocycles. The molecule has 0 fully saturated rings. The van der Waals surface area contributed by atoms with Gasteiger partial charge in [0.05, 0.1) is 0 Å². The highest BCUT2D eigenvalue weighted by Gasteiger charge is 2.10. The van der Waals surface area contributed by atoms with Crippen LogP contribution in [0.15, 0.2) is 47.4 Å². The van der Waals surface area contributed by atoms with Gasteiger partial charge in [0.1, 0.15) is 0 Å². The molecule has 0 unspecified atom stereocenters. The monoisotopic (exact) mass is 269 g/mol. The number of fused-ring (bicyclic) bond motifs is 1. The number of hydrogen-bond donors (Lipinski definition) is 1. The van der Waals surface area contributed by atoms with E-state index in [2.05, 4.69) is 47.8 Å². The fourth-order valence-electron chi connectivity index (χ4n) is 2.55. The van der Waals surface area contributed by atoms with Gasteiger partial charge in [0, 0.05) is 17.6 Å². The minimum absolute atomic E-state index is 1.03. The molecule has 0 atom stereocenters. The van der Waals surface area contributed by atoms with Crippen molar-refractivity contribution >= 4 is 17.4 Å². The van der Waals surface area contributed by atoms with Gasteiger partial charge in [-0.15, -0.1) is 11.8 Å². The van der Waals surface area contributed by atoms with Crippen LogP contribution in [0.25, 0.3) is 0 Å². The lowest BCUT2D eigenvalue weighted by Crippen LogP contribution is -2.00. The van der Waals surface area contributed by atoms with Crippen LogP contribution >= 0.6 is 11.8 Å². The summed E-state index contributed by atoms with van der Waals surface area (Å²) in [6, 6.07) is 15.7. The number of anilines is 1. The molecule has 19 heavy (non-hydrogen) atoms. The van der Waals surface area contributed by atoms with E-state index in [9.17, 15) is 0 Å². The summed E-state index contributed by atoms with van der Waals surface area (Å²) in [5.74, 6) is 1.28. The van der Waals surface area contributed by atoms with Crippen molar-refractivity contribution in [3.8, 4) is 0 Å². The molecule has 1 heterocycles. The van der Waals surface area contributed by atoms with E-state index < -0.39 is 0 Å². The Kier molecular flexibility index (Phi) is 3.79. The van der Waals surface area contributed by atoms with Crippen molar-refractivity contribution < 1.29 is 0 Å². The van der Waals surface area contributed by atoms with Crippen LogP contribution in [0, 0.1) is 0 Å². The first kappa shape index (κ1) is 12.6. The van der Waals surface area contributed by atoms with Gasteiger partial charge in [-0.1, -0.05) is 24.3 Å². The maximum atomic E-state index is 3.16. The molecule has 0 aliphatic carbocycles. The molecule has 3 rings (SSSR count). The maximum absolute atomic E-state index is 3.16. The maximum Gasteiger partial charge on any atom is 0.0337 e. The van der Waals surface area contributed by atoms with Crippen molar-refractivity contribution in [2.24, 2.45) is 0 Å². The molecule has 1 aliphatic heterocycles. The SMILES string of the molecule is CNc1ccc(Cc2ccc3c(c2)CCCS3)cc1. The van der Waals surface area contributed by atoms with Crippen LogP contribution < -0.4 is 5.32 Å². The normalized spacial score (nSPS) is 13.9. The number of nitrogens with one attached hydrogen (secondary N) is 1. The van der Waals surface area contributed by atoms with Gasteiger partial charge in [-0.05, 0) is 59.9 Å². The highest BCUT2D eigenvalue weighted by atomic mass is 32.2. The Bertz CT molecular complexity index is 560. The fraction of sp³-hybridized carbons (Fsp3) is 0.294. The second kappa shape index (κ2) is 5.70. The van der Waals surface area contributed by atoms with E-state index in [1.165, 1.54) is 40.3 Å². The van der Waals surface area contributed by atoms with Crippen molar-refractivity contribution in [1.29, 1.82) is 0 Å². The molecule has 0 bridgehead atoms. The Morgan fingerprint density at radius 1 is 1.05 bits per heavy atom. The van der Waals surface area contributed by atoms with Crippen LogP contribution in [-0.4, -0.2) is 12.8 Å². The Hall–Kier alpha value is -1.41. The highest BCUT2D eigenvalue weighted by molar-refractivity contribution is 7.99. The standard InChI is InChI=1S/C17H19NS/c1-18-16-7-4-13(5-8-16)11-14-6-9-17-15(12-14)3-2-10-19-17/h4-9,12,18H,2-3,10-11H2,1H3. The lowest BCUT2D eigenvalue weighted by atomic mass is 10.0. The van der Waals surface area contributed by atoms with E-state index in [0.29, 0.717) is 0 Å². The van der Waals surface area contributed by atoms with Gasteiger partial charge in [-0.2, -0.15) is 0 Å². The molecule has 2 heteroatoms. The molecule has 1 N–H and O–H groups in total. The second-order valence-corrected chi connectivity index (χ2v) is 6.15. The largest absolute Gasteiger partial charge is 0.388 e. The van der Waals surface area contributed by atoms with Gasteiger partial charge in [0.15, 0.2) is 0 Å². The van der Waals surface area contributed by atoms with Gasteiger partial charge in [-0.25, -0.2) is 0 Å². The summed E-state index contributed by atoms with van der Waals surface area (Å²) in [6.07, 6.45) is 3.59. The molecule has 98 valence electrons. The number of rotatable bonds is 3. The summed E-state index contributed by atoms with van der Waals surface area (Å²) in [4.78, 5) is 1.49. The number of thioether (sulfide) groups is 1. The molecule has 0 aromatic heterocycles. The molecule has 0 saturated heterocycles. The predicted molar refractivity (Wildman–Crippen MR) is 84.3 cm³/mol. The molecular weight excluding hydrogens is 250 g/mol. The Morgan fingerprint density at radius 3 is 2.63 bits per heavy atom. The smallest absolute Gasteiger partial charge is 0.0337 e. The van der Waals surface area contributed by atoms with Crippen molar-refractivity contribution in [3.05, 3.63) is 59.2 Å². The zero-order valence-corrected chi connectivity index (χ0v) is 12.1. The Labute approximate surface area is 119 Å². The predicted octanol–water partition coefficient (Wildman–Crippen LogP) is 4.36. The second-order valence-electron chi connectivity index (χ2n) is 5.02. The molecule has 0 spiro atoms. The molecule has 1 aliphatic rings. The van der Waals surface area contributed by atoms with Gasteiger partial charge in [0.25, 0.3) is 0 Å². The summed E-state index contributed by atoms with van der Waals surface area (Å²) >= 11 is 2.00. The molecule has 2 aromatic carbocycles. The molecule has 2 aromatic rings. The summed E-state index contributed by atoms with van der Waals surface area (Å²) < 4.78 is 0. The summed E-state index contributed by atoms with van der Waals surface area (Å²) in [5.41, 5.74) is 5.52. The lowest BCUT2D eigenvalue weighted by molar-refractivity contribution is 0.885. The number of benzene rings is 2. The lowest BCUT2D eigenvalue weighted by Gasteiger charge is -2.16. The summed E-state index contributed by atoms with van der Waals surface area (Å²) in [5, 5.41) is 3.16. The summed E-state index contributed by atoms with van der Waals surface area (Å²) in [7, 11) is 1.95. The van der Waals surface area contributed by atoms with E-state index >= 15 is 0 Å². The van der Waals surface area contributed by atoms with E-state index in [0.717, 1.165) is 6.42 Å². The van der Waals surface area contributed by atoms with Gasteiger partial charge in [-0.3, -0.25) is 0 Å². The zero-order chi connectivity index (χ0) is 13.1. The first-order valence-electron chi connectivity index (χ1n) is 6.86. The van der Waals surface area contributed by atoms with Crippen LogP contribution in [0.5, 0.6) is 0 Å². The van der Waals surface area contributed by atoms with Crippen molar-refractivity contribution in [3.63, 3.8) is 0 Å². The van der Waals surface area contributed by atoms with E-state index in [-0.39, 0.29) is 0 Å². The van der Waals surface area contributed by atoms with Crippen LogP contribution in [-0.2, 0) is 12.8 Å². The van der Waals surface area contributed by atoms with Crippen LogP contribution in [0.4, 0.5) is 5.69 Å². The highest BCUT2D eigenvalue weighted by Crippen LogP contribution is 2.31. The van der Waals surface area contributed by atoms with Crippen LogP contribution in [0.1, 0.15) is 23.1 Å². The number of aryl methyl sites for hydroxylation is 1. The van der Waals surface area contributed by atoms with Gasteiger partial charge in [0.2, 0.25) is 0 Å². The summed E-state index contributed by atoms with van der Waals surface area (Å²) in [6.45, 7) is 0. The first-order chi connectivity index (χ1) is 9.35. The van der Waals surface area contributed by atoms with Crippen molar-refractivity contribution in [2.75, 3.05) is 18.1 Å². The third-order valence-corrected chi connectivity index (χ3v) is 4.83. The van der Waals surface area contributed by atoms with E-state index in [4.69, 9.17) is 0 Å². The minimum Gasteiger partial charge on any atom is -0.388 e. The molecule has 1 nitrogen and oxygen atoms in total. The third-order valence-electron chi connectivity index (χ3n) is 3.62. The third kappa shape index (κ3) is 2.95. The number of hydrogen-bond acceptors (Lipinski definition) is 2. The molecule has 0 amide bonds. The molecule has 0 radical (unpaired) electrons. The van der Waals surface area contributed by atoms with E-state index in [1.54, 1.807) is 5.56 Å². The first-order valence-corrected chi connectivity index (χ1v) is 7.85. The van der Waals surface area contributed by atoms with Crippen molar-refractivity contribution in [2.45, 2.75) is 24.2 Å². The Morgan fingerprint density at radius 2 is 1.84 bits per heavy atom. The van der Waals surface area contributed by atoms with E-state index in [1.807, 2.05) is 18.8 Å². The quantitative estimate of drug-likeness (QED) is 0.888. The van der Waals surface area contributed by atoms with Crippen LogP contribution in [0.2, 0.25) is 0 Å². The Balaban J connectivity index is 1.78.